The van der Waals surface area contributed by atoms with E-state index in [9.17, 15) is 14.3 Å². The van der Waals surface area contributed by atoms with Crippen LogP contribution in [0.25, 0.3) is 0 Å². The van der Waals surface area contributed by atoms with Crippen LogP contribution in [0, 0.1) is 5.82 Å². The number of benzene rings is 1. The molecule has 0 bridgehead atoms. The smallest absolute Gasteiger partial charge is 0.257 e. The summed E-state index contributed by atoms with van der Waals surface area (Å²) in [6, 6.07) is 3.75. The maximum atomic E-state index is 13.6. The van der Waals surface area contributed by atoms with E-state index in [2.05, 4.69) is 0 Å². The summed E-state index contributed by atoms with van der Waals surface area (Å²) in [5.74, 6) is -0.963. The SMILES string of the molecule is Nc1ccc(F)c(C(=O)N2CCCCC2CO)c1. The molecular weight excluding hydrogens is 235 g/mol. The highest BCUT2D eigenvalue weighted by Gasteiger charge is 2.28. The van der Waals surface area contributed by atoms with Crippen molar-refractivity contribution in [3.05, 3.63) is 29.6 Å². The number of aliphatic hydroxyl groups is 1. The molecule has 1 aliphatic heterocycles. The molecule has 0 saturated carbocycles. The van der Waals surface area contributed by atoms with Gasteiger partial charge in [0.2, 0.25) is 0 Å². The van der Waals surface area contributed by atoms with Crippen LogP contribution in [0.2, 0.25) is 0 Å². The maximum Gasteiger partial charge on any atom is 0.257 e. The molecule has 1 unspecified atom stereocenters. The Hall–Kier alpha value is -1.62. The molecule has 0 spiro atoms. The number of halogens is 1. The van der Waals surface area contributed by atoms with E-state index in [0.29, 0.717) is 12.2 Å². The van der Waals surface area contributed by atoms with Crippen molar-refractivity contribution in [1.29, 1.82) is 0 Å². The van der Waals surface area contributed by atoms with E-state index in [-0.39, 0.29) is 18.2 Å². The highest BCUT2D eigenvalue weighted by atomic mass is 19.1. The average Bonchev–Trinajstić information content (AvgIpc) is 2.40. The topological polar surface area (TPSA) is 66.6 Å². The Labute approximate surface area is 105 Å². The number of likely N-dealkylation sites (tertiary alicyclic amines) is 1. The Kier molecular flexibility index (Phi) is 3.81. The number of amides is 1. The molecule has 1 aliphatic rings. The fourth-order valence-corrected chi connectivity index (χ4v) is 2.32. The molecule has 1 atom stereocenters. The first kappa shape index (κ1) is 12.8. The maximum absolute atomic E-state index is 13.6. The summed E-state index contributed by atoms with van der Waals surface area (Å²) in [5.41, 5.74) is 5.92. The molecule has 5 heteroatoms. The van der Waals surface area contributed by atoms with Crippen LogP contribution >= 0.6 is 0 Å². The van der Waals surface area contributed by atoms with Gasteiger partial charge in [-0.3, -0.25) is 4.79 Å². The lowest BCUT2D eigenvalue weighted by molar-refractivity contribution is 0.0498. The van der Waals surface area contributed by atoms with Gasteiger partial charge in [-0.15, -0.1) is 0 Å². The third-order valence-corrected chi connectivity index (χ3v) is 3.32. The van der Waals surface area contributed by atoms with Gasteiger partial charge in [0.05, 0.1) is 18.2 Å². The molecule has 0 aliphatic carbocycles. The van der Waals surface area contributed by atoms with Crippen LogP contribution in [0.3, 0.4) is 0 Å². The van der Waals surface area contributed by atoms with Gasteiger partial charge >= 0.3 is 0 Å². The van der Waals surface area contributed by atoms with Crippen molar-refractivity contribution in [1.82, 2.24) is 4.90 Å². The molecule has 1 saturated heterocycles. The van der Waals surface area contributed by atoms with E-state index in [1.165, 1.54) is 18.2 Å². The Bertz CT molecular complexity index is 451. The van der Waals surface area contributed by atoms with Gasteiger partial charge in [0, 0.05) is 12.2 Å². The van der Waals surface area contributed by atoms with Gasteiger partial charge in [0.25, 0.3) is 5.91 Å². The van der Waals surface area contributed by atoms with Crippen LogP contribution < -0.4 is 5.73 Å². The van der Waals surface area contributed by atoms with Crippen LogP contribution in [0.5, 0.6) is 0 Å². The summed E-state index contributed by atoms with van der Waals surface area (Å²) in [6.45, 7) is 0.466. The first-order chi connectivity index (χ1) is 8.63. The quantitative estimate of drug-likeness (QED) is 0.782. The van der Waals surface area contributed by atoms with Crippen molar-refractivity contribution < 1.29 is 14.3 Å². The lowest BCUT2D eigenvalue weighted by atomic mass is 10.0. The minimum absolute atomic E-state index is 0.0182. The summed E-state index contributed by atoms with van der Waals surface area (Å²) < 4.78 is 13.6. The molecular formula is C13H17FN2O2. The van der Waals surface area contributed by atoms with Crippen LogP contribution in [0.15, 0.2) is 18.2 Å². The molecule has 98 valence electrons. The number of aliphatic hydroxyl groups excluding tert-OH is 1. The third-order valence-electron chi connectivity index (χ3n) is 3.32. The van der Waals surface area contributed by atoms with E-state index < -0.39 is 11.7 Å². The summed E-state index contributed by atoms with van der Waals surface area (Å²) in [5, 5.41) is 9.27. The van der Waals surface area contributed by atoms with E-state index in [1.54, 1.807) is 4.90 Å². The average molecular weight is 252 g/mol. The Morgan fingerprint density at radius 2 is 2.28 bits per heavy atom. The fourth-order valence-electron chi connectivity index (χ4n) is 2.32. The van der Waals surface area contributed by atoms with Crippen molar-refractivity contribution in [2.24, 2.45) is 0 Å². The second-order valence-electron chi connectivity index (χ2n) is 4.57. The molecule has 18 heavy (non-hydrogen) atoms. The second-order valence-corrected chi connectivity index (χ2v) is 4.57. The Morgan fingerprint density at radius 1 is 1.50 bits per heavy atom. The number of nitrogens with two attached hydrogens (primary N) is 1. The second kappa shape index (κ2) is 5.35. The summed E-state index contributed by atoms with van der Waals surface area (Å²) in [4.78, 5) is 13.8. The third kappa shape index (κ3) is 2.46. The zero-order chi connectivity index (χ0) is 13.1. The standard InChI is InChI=1S/C13H17FN2O2/c14-12-5-4-9(15)7-11(12)13(18)16-6-2-1-3-10(16)8-17/h4-5,7,10,17H,1-3,6,8,15H2. The number of hydrogen-bond donors (Lipinski definition) is 2. The van der Waals surface area contributed by atoms with Crippen LogP contribution in [-0.2, 0) is 0 Å². The first-order valence-corrected chi connectivity index (χ1v) is 6.10. The zero-order valence-electron chi connectivity index (χ0n) is 10.1. The molecule has 0 aromatic heterocycles. The minimum atomic E-state index is -0.573. The Morgan fingerprint density at radius 3 is 3.00 bits per heavy atom. The number of nitrogen functional groups attached to an aromatic ring is 1. The molecule has 3 N–H and O–H groups in total. The fraction of sp³-hybridized carbons (Fsp3) is 0.462. The molecule has 0 radical (unpaired) electrons. The largest absolute Gasteiger partial charge is 0.399 e. The minimum Gasteiger partial charge on any atom is -0.399 e. The normalized spacial score (nSPS) is 19.9. The molecule has 1 amide bonds. The lowest BCUT2D eigenvalue weighted by Gasteiger charge is -2.34. The molecule has 1 aromatic carbocycles. The van der Waals surface area contributed by atoms with Crippen LogP contribution in [0.1, 0.15) is 29.6 Å². The van der Waals surface area contributed by atoms with Gasteiger partial charge in [0.15, 0.2) is 0 Å². The highest BCUT2D eigenvalue weighted by Crippen LogP contribution is 2.21. The van der Waals surface area contributed by atoms with Crippen LogP contribution in [-0.4, -0.2) is 35.1 Å². The molecule has 1 heterocycles. The van der Waals surface area contributed by atoms with Crippen molar-refractivity contribution in [2.45, 2.75) is 25.3 Å². The van der Waals surface area contributed by atoms with Crippen LogP contribution in [0.4, 0.5) is 10.1 Å². The number of hydrogen-bond acceptors (Lipinski definition) is 3. The van der Waals surface area contributed by atoms with Gasteiger partial charge in [-0.2, -0.15) is 0 Å². The first-order valence-electron chi connectivity index (χ1n) is 6.10. The van der Waals surface area contributed by atoms with Gasteiger partial charge in [-0.1, -0.05) is 0 Å². The Balaban J connectivity index is 2.26. The van der Waals surface area contributed by atoms with Crippen molar-refractivity contribution in [3.8, 4) is 0 Å². The predicted molar refractivity (Wildman–Crippen MR) is 66.6 cm³/mol. The number of piperidine rings is 1. The number of nitrogens with zero attached hydrogens (tertiary/aromatic N) is 1. The summed E-state index contributed by atoms with van der Waals surface area (Å²) >= 11 is 0. The van der Waals surface area contributed by atoms with Gasteiger partial charge in [0.1, 0.15) is 5.82 Å². The monoisotopic (exact) mass is 252 g/mol. The highest BCUT2D eigenvalue weighted by molar-refractivity contribution is 5.95. The lowest BCUT2D eigenvalue weighted by Crippen LogP contribution is -2.45. The number of rotatable bonds is 2. The van der Waals surface area contributed by atoms with E-state index in [4.69, 9.17) is 5.73 Å². The zero-order valence-corrected chi connectivity index (χ0v) is 10.1. The predicted octanol–water partition coefficient (Wildman–Crippen LogP) is 1.39. The van der Waals surface area contributed by atoms with E-state index >= 15 is 0 Å². The summed E-state index contributed by atoms with van der Waals surface area (Å²) in [7, 11) is 0. The molecule has 1 fully saturated rings. The number of carbonyl (C=O) groups excluding carboxylic acids is 1. The van der Waals surface area contributed by atoms with Gasteiger partial charge < -0.3 is 15.7 Å². The summed E-state index contributed by atoms with van der Waals surface area (Å²) in [6.07, 6.45) is 2.62. The van der Waals surface area contributed by atoms with E-state index in [0.717, 1.165) is 19.3 Å². The van der Waals surface area contributed by atoms with E-state index in [1.807, 2.05) is 0 Å². The van der Waals surface area contributed by atoms with Crippen molar-refractivity contribution >= 4 is 11.6 Å². The molecule has 4 nitrogen and oxygen atoms in total. The molecule has 1 aromatic rings. The molecule has 2 rings (SSSR count). The number of anilines is 1. The van der Waals surface area contributed by atoms with Crippen molar-refractivity contribution in [3.63, 3.8) is 0 Å². The van der Waals surface area contributed by atoms with Crippen molar-refractivity contribution in [2.75, 3.05) is 18.9 Å². The number of carbonyl (C=O) groups is 1. The van der Waals surface area contributed by atoms with Gasteiger partial charge in [-0.05, 0) is 37.5 Å². The van der Waals surface area contributed by atoms with Gasteiger partial charge in [-0.25, -0.2) is 4.39 Å².